The summed E-state index contributed by atoms with van der Waals surface area (Å²) in [7, 11) is 1.71. The third-order valence-corrected chi connectivity index (χ3v) is 3.61. The zero-order valence-corrected chi connectivity index (χ0v) is 10.2. The summed E-state index contributed by atoms with van der Waals surface area (Å²) in [6.45, 7) is 2.29. The number of hydrogen-bond acceptors (Lipinski definition) is 2. The van der Waals surface area contributed by atoms with Crippen LogP contribution in [0.3, 0.4) is 0 Å². The van der Waals surface area contributed by atoms with Crippen molar-refractivity contribution in [1.82, 2.24) is 0 Å². The maximum absolute atomic E-state index is 5.23. The van der Waals surface area contributed by atoms with Gasteiger partial charge >= 0.3 is 0 Å². The van der Waals surface area contributed by atoms with Gasteiger partial charge in [0.15, 0.2) is 0 Å². The molecule has 1 aromatic carbocycles. The van der Waals surface area contributed by atoms with E-state index in [4.69, 9.17) is 4.74 Å². The van der Waals surface area contributed by atoms with E-state index in [-0.39, 0.29) is 0 Å². The fraction of sp³-hybridized carbons (Fsp3) is 0.571. The lowest BCUT2D eigenvalue weighted by Gasteiger charge is -2.21. The highest BCUT2D eigenvalue weighted by molar-refractivity contribution is 5.49. The summed E-state index contributed by atoms with van der Waals surface area (Å²) in [5.41, 5.74) is 1.18. The second-order valence-corrected chi connectivity index (χ2v) is 4.58. The van der Waals surface area contributed by atoms with E-state index >= 15 is 0 Å². The van der Waals surface area contributed by atoms with Gasteiger partial charge in [-0.3, -0.25) is 0 Å². The van der Waals surface area contributed by atoms with E-state index < -0.39 is 0 Å². The standard InChI is InChI=1S/C14H21NO/c1-3-11-6-4-9-14(11)15-12-7-5-8-13(10-12)16-2/h5,7-8,10-11,14-15H,3-4,6,9H2,1-2H3. The van der Waals surface area contributed by atoms with Crippen LogP contribution in [0, 0.1) is 5.92 Å². The van der Waals surface area contributed by atoms with Gasteiger partial charge in [0.25, 0.3) is 0 Å². The van der Waals surface area contributed by atoms with Gasteiger partial charge in [0.2, 0.25) is 0 Å². The van der Waals surface area contributed by atoms with Crippen molar-refractivity contribution in [2.45, 2.75) is 38.6 Å². The minimum absolute atomic E-state index is 0.650. The zero-order valence-electron chi connectivity index (χ0n) is 10.2. The fourth-order valence-electron chi connectivity index (χ4n) is 2.64. The number of anilines is 1. The van der Waals surface area contributed by atoms with Gasteiger partial charge in [-0.05, 0) is 30.9 Å². The molecule has 0 spiro atoms. The second-order valence-electron chi connectivity index (χ2n) is 4.58. The maximum Gasteiger partial charge on any atom is 0.120 e. The highest BCUT2D eigenvalue weighted by atomic mass is 16.5. The quantitative estimate of drug-likeness (QED) is 0.834. The van der Waals surface area contributed by atoms with Gasteiger partial charge in [-0.2, -0.15) is 0 Å². The summed E-state index contributed by atoms with van der Waals surface area (Å²) in [6.07, 6.45) is 5.32. The minimum Gasteiger partial charge on any atom is -0.497 e. The Kier molecular flexibility index (Phi) is 3.70. The predicted octanol–water partition coefficient (Wildman–Crippen LogP) is 3.69. The predicted molar refractivity (Wildman–Crippen MR) is 68.0 cm³/mol. The molecule has 1 aliphatic rings. The lowest BCUT2D eigenvalue weighted by Crippen LogP contribution is -2.23. The van der Waals surface area contributed by atoms with Crippen LogP contribution < -0.4 is 10.1 Å². The molecule has 0 aromatic heterocycles. The summed E-state index contributed by atoms with van der Waals surface area (Å²) in [5.74, 6) is 1.77. The molecular weight excluding hydrogens is 198 g/mol. The Morgan fingerprint density at radius 3 is 3.00 bits per heavy atom. The minimum atomic E-state index is 0.650. The van der Waals surface area contributed by atoms with Gasteiger partial charge in [0.05, 0.1) is 7.11 Å². The zero-order chi connectivity index (χ0) is 11.4. The molecule has 1 aromatic rings. The molecule has 16 heavy (non-hydrogen) atoms. The number of rotatable bonds is 4. The molecule has 0 heterocycles. The molecule has 2 rings (SSSR count). The highest BCUT2D eigenvalue weighted by Gasteiger charge is 2.25. The molecule has 1 N–H and O–H groups in total. The molecule has 2 nitrogen and oxygen atoms in total. The summed E-state index contributed by atoms with van der Waals surface area (Å²) >= 11 is 0. The summed E-state index contributed by atoms with van der Waals surface area (Å²) in [4.78, 5) is 0. The first kappa shape index (κ1) is 11.3. The third kappa shape index (κ3) is 2.49. The number of nitrogens with one attached hydrogen (secondary N) is 1. The van der Waals surface area contributed by atoms with Gasteiger partial charge in [-0.15, -0.1) is 0 Å². The molecule has 0 bridgehead atoms. The van der Waals surface area contributed by atoms with Crippen LogP contribution in [0.5, 0.6) is 5.75 Å². The Balaban J connectivity index is 2.02. The van der Waals surface area contributed by atoms with E-state index in [1.165, 1.54) is 31.4 Å². The third-order valence-electron chi connectivity index (χ3n) is 3.61. The average Bonchev–Trinajstić information content (AvgIpc) is 2.76. The number of hydrogen-bond donors (Lipinski definition) is 1. The molecular formula is C14H21NO. The Labute approximate surface area is 98.0 Å². The van der Waals surface area contributed by atoms with Crippen LogP contribution in [0.2, 0.25) is 0 Å². The molecule has 0 radical (unpaired) electrons. The Morgan fingerprint density at radius 2 is 2.25 bits per heavy atom. The van der Waals surface area contributed by atoms with Crippen LogP contribution in [0.15, 0.2) is 24.3 Å². The molecule has 2 unspecified atom stereocenters. The van der Waals surface area contributed by atoms with Crippen LogP contribution in [0.1, 0.15) is 32.6 Å². The fourth-order valence-corrected chi connectivity index (χ4v) is 2.64. The molecule has 2 atom stereocenters. The van der Waals surface area contributed by atoms with Crippen LogP contribution in [0.4, 0.5) is 5.69 Å². The van der Waals surface area contributed by atoms with Crippen molar-refractivity contribution >= 4 is 5.69 Å². The second kappa shape index (κ2) is 5.24. The molecule has 0 amide bonds. The van der Waals surface area contributed by atoms with Crippen molar-refractivity contribution in [2.75, 3.05) is 12.4 Å². The largest absolute Gasteiger partial charge is 0.497 e. The van der Waals surface area contributed by atoms with E-state index in [1.807, 2.05) is 12.1 Å². The Hall–Kier alpha value is -1.18. The van der Waals surface area contributed by atoms with E-state index in [1.54, 1.807) is 7.11 Å². The van der Waals surface area contributed by atoms with Crippen molar-refractivity contribution in [2.24, 2.45) is 5.92 Å². The Bertz CT molecular complexity index is 337. The molecule has 88 valence electrons. The van der Waals surface area contributed by atoms with Gasteiger partial charge in [-0.1, -0.05) is 25.8 Å². The SMILES string of the molecule is CCC1CCCC1Nc1cccc(OC)c1. The first-order valence-electron chi connectivity index (χ1n) is 6.24. The van der Waals surface area contributed by atoms with Crippen molar-refractivity contribution in [3.8, 4) is 5.75 Å². The number of ether oxygens (including phenoxy) is 1. The van der Waals surface area contributed by atoms with Crippen molar-refractivity contribution in [3.05, 3.63) is 24.3 Å². The van der Waals surface area contributed by atoms with E-state index in [0.29, 0.717) is 6.04 Å². The average molecular weight is 219 g/mol. The van der Waals surface area contributed by atoms with E-state index in [2.05, 4.69) is 24.4 Å². The maximum atomic E-state index is 5.23. The van der Waals surface area contributed by atoms with Gasteiger partial charge in [0, 0.05) is 17.8 Å². The summed E-state index contributed by atoms with van der Waals surface area (Å²) in [6, 6.07) is 8.87. The van der Waals surface area contributed by atoms with E-state index in [9.17, 15) is 0 Å². The number of methoxy groups -OCH3 is 1. The normalized spacial score (nSPS) is 24.4. The molecule has 2 heteroatoms. The van der Waals surface area contributed by atoms with Gasteiger partial charge in [0.1, 0.15) is 5.75 Å². The summed E-state index contributed by atoms with van der Waals surface area (Å²) in [5, 5.41) is 3.64. The lowest BCUT2D eigenvalue weighted by molar-refractivity contribution is 0.415. The monoisotopic (exact) mass is 219 g/mol. The van der Waals surface area contributed by atoms with Gasteiger partial charge < -0.3 is 10.1 Å². The van der Waals surface area contributed by atoms with Crippen molar-refractivity contribution < 1.29 is 4.74 Å². The first-order chi connectivity index (χ1) is 7.83. The Morgan fingerprint density at radius 1 is 1.38 bits per heavy atom. The molecule has 1 fully saturated rings. The lowest BCUT2D eigenvalue weighted by atomic mass is 10.0. The molecule has 0 saturated heterocycles. The molecule has 1 saturated carbocycles. The highest BCUT2D eigenvalue weighted by Crippen LogP contribution is 2.31. The van der Waals surface area contributed by atoms with Crippen LogP contribution >= 0.6 is 0 Å². The summed E-state index contributed by atoms with van der Waals surface area (Å²) < 4.78 is 5.23. The van der Waals surface area contributed by atoms with E-state index in [0.717, 1.165) is 11.7 Å². The smallest absolute Gasteiger partial charge is 0.120 e. The first-order valence-corrected chi connectivity index (χ1v) is 6.24. The molecule has 0 aliphatic heterocycles. The topological polar surface area (TPSA) is 21.3 Å². The van der Waals surface area contributed by atoms with Gasteiger partial charge in [-0.25, -0.2) is 0 Å². The van der Waals surface area contributed by atoms with Crippen LogP contribution in [-0.2, 0) is 0 Å². The van der Waals surface area contributed by atoms with Crippen LogP contribution in [-0.4, -0.2) is 13.2 Å². The molecule has 1 aliphatic carbocycles. The number of benzene rings is 1. The van der Waals surface area contributed by atoms with Crippen LogP contribution in [0.25, 0.3) is 0 Å². The van der Waals surface area contributed by atoms with Crippen molar-refractivity contribution in [3.63, 3.8) is 0 Å². The van der Waals surface area contributed by atoms with Crippen molar-refractivity contribution in [1.29, 1.82) is 0 Å².